The molecule has 6 aromatic rings. The second-order valence-corrected chi connectivity index (χ2v) is 11.8. The van der Waals surface area contributed by atoms with Crippen molar-refractivity contribution in [2.24, 2.45) is 5.41 Å². The third-order valence-electron chi connectivity index (χ3n) is 7.50. The van der Waals surface area contributed by atoms with Crippen LogP contribution in [0.4, 0.5) is 0 Å². The zero-order valence-corrected chi connectivity index (χ0v) is 22.9. The lowest BCUT2D eigenvalue weighted by molar-refractivity contribution is 0.0911. The molecule has 0 spiro atoms. The number of carbonyl (C=O) groups excluding carboxylic acids is 1. The first-order valence-corrected chi connectivity index (χ1v) is 13.6. The summed E-state index contributed by atoms with van der Waals surface area (Å²) in [6.45, 7) is 4.24. The van der Waals surface area contributed by atoms with Crippen LogP contribution in [0, 0.1) is 5.41 Å². The molecule has 0 fully saturated rings. The minimum Gasteiger partial charge on any atom is -0.360 e. The molecule has 39 heavy (non-hydrogen) atoms. The highest BCUT2D eigenvalue weighted by Crippen LogP contribution is 2.45. The van der Waals surface area contributed by atoms with Crippen LogP contribution in [0.15, 0.2) is 79.0 Å². The Hall–Kier alpha value is -3.93. The minimum absolute atomic E-state index is 0.102. The first-order chi connectivity index (χ1) is 18.8. The maximum atomic E-state index is 13.8. The molecule has 7 heteroatoms. The van der Waals surface area contributed by atoms with E-state index in [-0.39, 0.29) is 11.2 Å². The second-order valence-electron chi connectivity index (χ2n) is 10.9. The fraction of sp³-hybridized carbons (Fsp3) is 0.156. The number of carbonyl (C=O) groups is 1. The van der Waals surface area contributed by atoms with E-state index in [0.717, 1.165) is 50.1 Å². The Labute approximate surface area is 235 Å². The molecule has 0 saturated carbocycles. The van der Waals surface area contributed by atoms with Gasteiger partial charge in [-0.05, 0) is 59.9 Å². The molecule has 7 rings (SSSR count). The van der Waals surface area contributed by atoms with E-state index in [2.05, 4.69) is 24.9 Å². The first-order valence-electron chi connectivity index (χ1n) is 12.9. The molecule has 3 aromatic carbocycles. The predicted molar refractivity (Wildman–Crippen MR) is 158 cm³/mol. The van der Waals surface area contributed by atoms with Gasteiger partial charge in [0.25, 0.3) is 0 Å². The number of para-hydroxylation sites is 1. The molecule has 192 valence electrons. The van der Waals surface area contributed by atoms with Crippen molar-refractivity contribution in [1.82, 2.24) is 19.7 Å². The number of fused-ring (bicyclic) bond motifs is 3. The van der Waals surface area contributed by atoms with Crippen LogP contribution < -0.4 is 0 Å². The molecule has 0 radical (unpaired) electrons. The van der Waals surface area contributed by atoms with Crippen molar-refractivity contribution in [2.45, 2.75) is 26.7 Å². The van der Waals surface area contributed by atoms with E-state index in [1.54, 1.807) is 0 Å². The highest BCUT2D eigenvalue weighted by molar-refractivity contribution is 6.31. The van der Waals surface area contributed by atoms with Crippen LogP contribution in [-0.2, 0) is 6.42 Å². The summed E-state index contributed by atoms with van der Waals surface area (Å²) in [6, 6.07) is 23.4. The Morgan fingerprint density at radius 2 is 1.56 bits per heavy atom. The molecular formula is C32H24Cl2N4O. The van der Waals surface area contributed by atoms with Crippen molar-refractivity contribution < 1.29 is 4.79 Å². The Morgan fingerprint density at radius 3 is 2.31 bits per heavy atom. The zero-order valence-electron chi connectivity index (χ0n) is 21.4. The summed E-state index contributed by atoms with van der Waals surface area (Å²) in [5, 5.41) is 8.34. The van der Waals surface area contributed by atoms with E-state index in [4.69, 9.17) is 33.3 Å². The number of Topliss-reactive ketones (excluding diaryl/α,β-unsaturated/α-hetero) is 1. The average molecular weight is 551 g/mol. The van der Waals surface area contributed by atoms with Crippen LogP contribution in [0.5, 0.6) is 0 Å². The monoisotopic (exact) mass is 550 g/mol. The van der Waals surface area contributed by atoms with Crippen LogP contribution >= 0.6 is 23.2 Å². The number of rotatable bonds is 3. The number of aromatic amines is 1. The van der Waals surface area contributed by atoms with Crippen LogP contribution in [0.2, 0.25) is 10.0 Å². The van der Waals surface area contributed by atoms with Gasteiger partial charge in [0.2, 0.25) is 0 Å². The van der Waals surface area contributed by atoms with Crippen molar-refractivity contribution in [3.8, 4) is 28.1 Å². The molecule has 0 unspecified atom stereocenters. The van der Waals surface area contributed by atoms with Gasteiger partial charge >= 0.3 is 0 Å². The third-order valence-corrected chi connectivity index (χ3v) is 8.01. The summed E-state index contributed by atoms with van der Waals surface area (Å²) in [5.41, 5.74) is 7.32. The second kappa shape index (κ2) is 8.80. The Bertz CT molecular complexity index is 1910. The van der Waals surface area contributed by atoms with Crippen molar-refractivity contribution >= 4 is 50.9 Å². The summed E-state index contributed by atoms with van der Waals surface area (Å²) in [6.07, 6.45) is 3.13. The van der Waals surface area contributed by atoms with Gasteiger partial charge in [0, 0.05) is 50.3 Å². The molecule has 0 aliphatic heterocycles. The fourth-order valence-electron chi connectivity index (χ4n) is 5.79. The van der Waals surface area contributed by atoms with Gasteiger partial charge in [0.15, 0.2) is 11.4 Å². The lowest BCUT2D eigenvalue weighted by Gasteiger charge is -2.31. The van der Waals surface area contributed by atoms with Gasteiger partial charge < -0.3 is 4.98 Å². The van der Waals surface area contributed by atoms with Crippen molar-refractivity contribution in [2.75, 3.05) is 0 Å². The molecule has 1 aliphatic rings. The van der Waals surface area contributed by atoms with Gasteiger partial charge in [-0.1, -0.05) is 67.4 Å². The lowest BCUT2D eigenvalue weighted by Crippen LogP contribution is -2.28. The Kier molecular flexibility index (Phi) is 5.45. The molecular weight excluding hydrogens is 527 g/mol. The summed E-state index contributed by atoms with van der Waals surface area (Å²) < 4.78 is 1.87. The van der Waals surface area contributed by atoms with Crippen LogP contribution in [0.25, 0.3) is 50.0 Å². The number of hydrogen-bond donors (Lipinski definition) is 1. The molecule has 3 aromatic heterocycles. The van der Waals surface area contributed by atoms with E-state index in [1.807, 2.05) is 77.6 Å². The van der Waals surface area contributed by atoms with Gasteiger partial charge in [-0.25, -0.2) is 9.67 Å². The average Bonchev–Trinajstić information content (AvgIpc) is 3.49. The normalized spacial score (nSPS) is 14.7. The zero-order chi connectivity index (χ0) is 26.9. The number of benzene rings is 3. The number of pyridine rings is 1. The molecule has 1 N–H and O–H groups in total. The molecule has 0 atom stereocenters. The number of ketones is 1. The van der Waals surface area contributed by atoms with Gasteiger partial charge in [-0.2, -0.15) is 5.10 Å². The maximum absolute atomic E-state index is 13.8. The Balaban J connectivity index is 1.66. The van der Waals surface area contributed by atoms with Gasteiger partial charge in [-0.3, -0.25) is 4.79 Å². The molecule has 5 nitrogen and oxygen atoms in total. The quantitative estimate of drug-likeness (QED) is 0.239. The predicted octanol–water partition coefficient (Wildman–Crippen LogP) is 8.70. The molecule has 1 aliphatic carbocycles. The first kappa shape index (κ1) is 24.1. The van der Waals surface area contributed by atoms with Crippen molar-refractivity contribution in [1.29, 1.82) is 0 Å². The number of H-pyrrole nitrogens is 1. The Morgan fingerprint density at radius 1 is 0.872 bits per heavy atom. The summed E-state index contributed by atoms with van der Waals surface area (Å²) in [7, 11) is 0. The highest BCUT2D eigenvalue weighted by Gasteiger charge is 2.36. The van der Waals surface area contributed by atoms with Crippen LogP contribution in [-0.4, -0.2) is 25.5 Å². The van der Waals surface area contributed by atoms with Crippen LogP contribution in [0.1, 0.15) is 36.3 Å². The SMILES string of the molecule is CC1(C)CC(=O)c2c(nc3c(c(-c4c[nH]c5ccccc45)nn3-c3ccc(Cl)cc3)c2-c2ccc(Cl)cc2)C1. The molecule has 0 bridgehead atoms. The number of nitrogens with one attached hydrogen (secondary N) is 1. The van der Waals surface area contributed by atoms with E-state index >= 15 is 0 Å². The van der Waals surface area contributed by atoms with Crippen LogP contribution in [0.3, 0.4) is 0 Å². The maximum Gasteiger partial charge on any atom is 0.165 e. The summed E-state index contributed by atoms with van der Waals surface area (Å²) in [5.74, 6) is 0.102. The summed E-state index contributed by atoms with van der Waals surface area (Å²) in [4.78, 5) is 22.4. The number of hydrogen-bond acceptors (Lipinski definition) is 3. The highest BCUT2D eigenvalue weighted by atomic mass is 35.5. The smallest absolute Gasteiger partial charge is 0.165 e. The summed E-state index contributed by atoms with van der Waals surface area (Å²) >= 11 is 12.5. The number of nitrogens with zero attached hydrogens (tertiary/aromatic N) is 3. The standard InChI is InChI=1S/C32H24Cl2N4O/c1-32(2)15-25-28(26(39)16-32)27(18-7-9-19(33)10-8-18)29-30(23-17-35-24-6-4-3-5-22(23)24)37-38(31(29)36-25)21-13-11-20(34)12-14-21/h3-14,17,35H,15-16H2,1-2H3. The number of halogens is 2. The molecule has 0 saturated heterocycles. The van der Waals surface area contributed by atoms with E-state index in [1.165, 1.54) is 0 Å². The molecule has 0 amide bonds. The van der Waals surface area contributed by atoms with E-state index in [9.17, 15) is 4.79 Å². The molecule has 3 heterocycles. The fourth-order valence-corrected chi connectivity index (χ4v) is 6.04. The van der Waals surface area contributed by atoms with Gasteiger partial charge in [0.05, 0.1) is 16.8 Å². The van der Waals surface area contributed by atoms with Crippen molar-refractivity contribution in [3.05, 3.63) is 100 Å². The third kappa shape index (κ3) is 3.96. The topological polar surface area (TPSA) is 63.6 Å². The van der Waals surface area contributed by atoms with Gasteiger partial charge in [-0.15, -0.1) is 0 Å². The van der Waals surface area contributed by atoms with E-state index < -0.39 is 0 Å². The van der Waals surface area contributed by atoms with Crippen molar-refractivity contribution in [3.63, 3.8) is 0 Å². The minimum atomic E-state index is -0.188. The van der Waals surface area contributed by atoms with E-state index in [0.29, 0.717) is 34.1 Å². The van der Waals surface area contributed by atoms with Gasteiger partial charge in [0.1, 0.15) is 5.69 Å². The lowest BCUT2D eigenvalue weighted by atomic mass is 9.73. The number of aromatic nitrogens is 4. The largest absolute Gasteiger partial charge is 0.360 e.